The number of nitrogens with zero attached hydrogens (tertiary/aromatic N) is 1. The lowest BCUT2D eigenvalue weighted by molar-refractivity contribution is -0.123. The first-order valence-electron chi connectivity index (χ1n) is 11.6. The van der Waals surface area contributed by atoms with Crippen LogP contribution >= 0.6 is 0 Å². The number of phenols is 2. The quantitative estimate of drug-likeness (QED) is 0.305. The third kappa shape index (κ3) is 4.85. The summed E-state index contributed by atoms with van der Waals surface area (Å²) in [4.78, 5) is 14.8. The van der Waals surface area contributed by atoms with Crippen LogP contribution in [0, 0.1) is 5.82 Å². The molecule has 6 nitrogen and oxygen atoms in total. The number of β-lactam (4-membered cyclic amide) rings is 1. The molecule has 3 N–H and O–H groups in total. The van der Waals surface area contributed by atoms with Crippen molar-refractivity contribution >= 4 is 22.4 Å². The molecule has 4 unspecified atom stereocenters. The van der Waals surface area contributed by atoms with E-state index in [1.165, 1.54) is 29.2 Å². The van der Waals surface area contributed by atoms with Gasteiger partial charge in [-0.15, -0.1) is 0 Å². The summed E-state index contributed by atoms with van der Waals surface area (Å²) in [6.07, 6.45) is -1.15. The molecule has 4 aromatic carbocycles. The Labute approximate surface area is 215 Å². The number of hydrogen-bond donors (Lipinski definition) is 3. The molecule has 1 heterocycles. The van der Waals surface area contributed by atoms with E-state index in [1.54, 1.807) is 66.7 Å². The first-order chi connectivity index (χ1) is 17.8. The number of aliphatic hydroxyl groups is 1. The molecular weight excluding hydrogens is 493 g/mol. The van der Waals surface area contributed by atoms with E-state index in [0.29, 0.717) is 27.9 Å². The zero-order chi connectivity index (χ0) is 26.1. The highest BCUT2D eigenvalue weighted by Gasteiger charge is 2.53. The van der Waals surface area contributed by atoms with Gasteiger partial charge in [0.25, 0.3) is 0 Å². The molecule has 188 valence electrons. The number of anilines is 1. The van der Waals surface area contributed by atoms with E-state index in [2.05, 4.69) is 0 Å². The number of carbonyl (C=O) groups is 1. The van der Waals surface area contributed by atoms with E-state index in [4.69, 9.17) is 0 Å². The fourth-order valence-corrected chi connectivity index (χ4v) is 6.20. The number of aliphatic hydroxyl groups excluding tert-OH is 1. The van der Waals surface area contributed by atoms with Gasteiger partial charge in [-0.1, -0.05) is 54.6 Å². The van der Waals surface area contributed by atoms with Crippen LogP contribution < -0.4 is 4.90 Å². The summed E-state index contributed by atoms with van der Waals surface area (Å²) in [5.41, 5.74) is 2.78. The lowest BCUT2D eigenvalue weighted by atomic mass is 9.90. The molecule has 4 atom stereocenters. The molecule has 1 fully saturated rings. The Balaban J connectivity index is 1.47. The molecule has 1 saturated heterocycles. The molecule has 1 aliphatic rings. The normalized spacial score (nSPS) is 18.8. The predicted molar refractivity (Wildman–Crippen MR) is 140 cm³/mol. The maximum atomic E-state index is 13.4. The molecule has 1 aliphatic heterocycles. The van der Waals surface area contributed by atoms with Crippen molar-refractivity contribution in [3.05, 3.63) is 114 Å². The molecule has 0 radical (unpaired) electrons. The van der Waals surface area contributed by atoms with Crippen molar-refractivity contribution in [1.29, 1.82) is 0 Å². The van der Waals surface area contributed by atoms with Gasteiger partial charge in [-0.2, -0.15) is 0 Å². The highest BCUT2D eigenvalue weighted by molar-refractivity contribution is 7.86. The maximum Gasteiger partial charge on any atom is 0.245 e. The largest absolute Gasteiger partial charge is 0.508 e. The average molecular weight is 518 g/mol. The molecule has 0 aromatic heterocycles. The van der Waals surface area contributed by atoms with Crippen molar-refractivity contribution in [1.82, 2.24) is 0 Å². The van der Waals surface area contributed by atoms with E-state index < -0.39 is 34.0 Å². The summed E-state index contributed by atoms with van der Waals surface area (Å²) >= 11 is 0. The highest BCUT2D eigenvalue weighted by atomic mass is 32.2. The van der Waals surface area contributed by atoms with Crippen molar-refractivity contribution in [2.24, 2.45) is 0 Å². The summed E-state index contributed by atoms with van der Waals surface area (Å²) in [6, 6.07) is 25.0. The summed E-state index contributed by atoms with van der Waals surface area (Å²) < 4.78 is 26.7. The molecule has 0 aliphatic carbocycles. The fourth-order valence-electron chi connectivity index (χ4n) is 4.60. The van der Waals surface area contributed by atoms with Gasteiger partial charge in [0.15, 0.2) is 0 Å². The van der Waals surface area contributed by atoms with Gasteiger partial charge in [0, 0.05) is 22.1 Å². The van der Waals surface area contributed by atoms with Crippen LogP contribution in [0.4, 0.5) is 10.1 Å². The number of phenolic OH excluding ortho intramolecular Hbond substituents is 2. The molecule has 8 heteroatoms. The van der Waals surface area contributed by atoms with Crippen LogP contribution in [0.3, 0.4) is 0 Å². The Bertz CT molecular complexity index is 1460. The number of amides is 1. The highest BCUT2D eigenvalue weighted by Crippen LogP contribution is 2.46. The van der Waals surface area contributed by atoms with Crippen molar-refractivity contribution in [3.63, 3.8) is 0 Å². The van der Waals surface area contributed by atoms with Gasteiger partial charge in [0.1, 0.15) is 22.6 Å². The van der Waals surface area contributed by atoms with E-state index in [1.807, 2.05) is 6.07 Å². The number of carbonyl (C=O) groups excluding carboxylic acids is 1. The van der Waals surface area contributed by atoms with Crippen LogP contribution in [-0.4, -0.2) is 36.4 Å². The summed E-state index contributed by atoms with van der Waals surface area (Å²) in [6.45, 7) is 0. The lowest BCUT2D eigenvalue weighted by Crippen LogP contribution is -2.61. The second-order valence-electron chi connectivity index (χ2n) is 8.85. The Morgan fingerprint density at radius 1 is 0.865 bits per heavy atom. The minimum atomic E-state index is -1.80. The third-order valence-corrected chi connectivity index (χ3v) is 8.14. The molecule has 0 saturated carbocycles. The lowest BCUT2D eigenvalue weighted by Gasteiger charge is -2.47. The van der Waals surface area contributed by atoms with E-state index in [-0.39, 0.29) is 23.2 Å². The second kappa shape index (κ2) is 10.2. The first kappa shape index (κ1) is 24.7. The van der Waals surface area contributed by atoms with Gasteiger partial charge in [-0.3, -0.25) is 9.00 Å². The van der Waals surface area contributed by atoms with E-state index in [9.17, 15) is 28.7 Å². The Kier molecular flexibility index (Phi) is 6.78. The number of halogens is 1. The average Bonchev–Trinajstić information content (AvgIpc) is 2.88. The Morgan fingerprint density at radius 2 is 1.57 bits per heavy atom. The SMILES string of the molecule is O=C1C(S(=O)CC(O)c2ccc(F)cc2)C(c2ccc(-c3cccc(O)c3)cc2O)N1c1ccccc1. The van der Waals surface area contributed by atoms with Gasteiger partial charge in [-0.25, -0.2) is 4.39 Å². The monoisotopic (exact) mass is 517 g/mol. The van der Waals surface area contributed by atoms with Crippen LogP contribution in [0.5, 0.6) is 11.5 Å². The molecule has 0 spiro atoms. The van der Waals surface area contributed by atoms with Gasteiger partial charge in [0.05, 0.1) is 17.9 Å². The number of benzene rings is 4. The van der Waals surface area contributed by atoms with Crippen LogP contribution in [0.15, 0.2) is 97.1 Å². The molecule has 37 heavy (non-hydrogen) atoms. The minimum absolute atomic E-state index is 0.0830. The Hall–Kier alpha value is -4.01. The van der Waals surface area contributed by atoms with E-state index >= 15 is 0 Å². The summed E-state index contributed by atoms with van der Waals surface area (Å²) in [5, 5.41) is 30.4. The summed E-state index contributed by atoms with van der Waals surface area (Å²) in [5.74, 6) is -1.04. The van der Waals surface area contributed by atoms with Gasteiger partial charge >= 0.3 is 0 Å². The second-order valence-corrected chi connectivity index (χ2v) is 10.5. The van der Waals surface area contributed by atoms with Gasteiger partial charge in [0.2, 0.25) is 5.91 Å². The zero-order valence-corrected chi connectivity index (χ0v) is 20.4. The number of rotatable bonds is 7. The minimum Gasteiger partial charge on any atom is -0.508 e. The van der Waals surface area contributed by atoms with Crippen LogP contribution in [0.25, 0.3) is 11.1 Å². The van der Waals surface area contributed by atoms with Crippen molar-refractivity contribution in [2.75, 3.05) is 10.7 Å². The smallest absolute Gasteiger partial charge is 0.245 e. The van der Waals surface area contributed by atoms with E-state index in [0.717, 1.165) is 0 Å². The Morgan fingerprint density at radius 3 is 2.24 bits per heavy atom. The number of aromatic hydroxyl groups is 2. The summed E-state index contributed by atoms with van der Waals surface area (Å²) in [7, 11) is -1.80. The topological polar surface area (TPSA) is 98.1 Å². The molecule has 1 amide bonds. The van der Waals surface area contributed by atoms with Crippen molar-refractivity contribution in [2.45, 2.75) is 17.4 Å². The third-order valence-electron chi connectivity index (χ3n) is 6.47. The maximum absolute atomic E-state index is 13.4. The van der Waals surface area contributed by atoms with Gasteiger partial charge < -0.3 is 20.2 Å². The molecule has 5 rings (SSSR count). The fraction of sp³-hybridized carbons (Fsp3) is 0.138. The van der Waals surface area contributed by atoms with Crippen molar-refractivity contribution in [3.8, 4) is 22.6 Å². The standard InChI is InChI=1S/C29H24FNO5S/c30-21-12-9-18(10-13-21)26(34)17-37(36)28-27(31(29(28)35)22-6-2-1-3-7-22)24-14-11-20(16-25(24)33)19-5-4-8-23(32)15-19/h1-16,26-28,32-34H,17H2. The number of hydrogen-bond acceptors (Lipinski definition) is 5. The number of para-hydroxylation sites is 1. The van der Waals surface area contributed by atoms with Crippen molar-refractivity contribution < 1.29 is 28.7 Å². The van der Waals surface area contributed by atoms with Gasteiger partial charge in [-0.05, 0) is 59.2 Å². The van der Waals surface area contributed by atoms with Crippen LogP contribution in [-0.2, 0) is 15.6 Å². The molecule has 0 bridgehead atoms. The van der Waals surface area contributed by atoms with Crippen LogP contribution in [0.1, 0.15) is 23.3 Å². The van der Waals surface area contributed by atoms with Crippen LogP contribution in [0.2, 0.25) is 0 Å². The zero-order valence-electron chi connectivity index (χ0n) is 19.6. The molecule has 4 aromatic rings. The molecular formula is C29H24FNO5S. The predicted octanol–water partition coefficient (Wildman–Crippen LogP) is 4.84. The first-order valence-corrected chi connectivity index (χ1v) is 13.0.